The summed E-state index contributed by atoms with van der Waals surface area (Å²) in [5.74, 6) is -0.0818. The van der Waals surface area contributed by atoms with Crippen LogP contribution in [0.5, 0.6) is 5.75 Å². The van der Waals surface area contributed by atoms with Gasteiger partial charge in [-0.05, 0) is 54.8 Å². The van der Waals surface area contributed by atoms with Gasteiger partial charge in [0.25, 0.3) is 5.91 Å². The van der Waals surface area contributed by atoms with E-state index in [2.05, 4.69) is 21.2 Å². The molecule has 0 spiro atoms. The lowest BCUT2D eigenvalue weighted by Gasteiger charge is -2.18. The topological polar surface area (TPSA) is 53.6 Å². The molecule has 0 bridgehead atoms. The second-order valence-corrected chi connectivity index (χ2v) is 9.26. The standard InChI is InChI=1S/C26H28FN3O2S/c1-18-14-21(19-8-4-3-5-9-19)15-23(25(18)27)26(31)28-29-33-22-12-13-30(17-22)16-20-10-6-7-11-24(20)32-2/h3-11,14-15,22,29H,12-13,16-17H2,1-2H3,(H,28,31). The van der Waals surface area contributed by atoms with Crippen LogP contribution in [0.3, 0.4) is 0 Å². The molecule has 4 rings (SSSR count). The van der Waals surface area contributed by atoms with Gasteiger partial charge in [0.1, 0.15) is 11.6 Å². The molecule has 0 saturated carbocycles. The van der Waals surface area contributed by atoms with Gasteiger partial charge in [-0.3, -0.25) is 15.1 Å². The Balaban J connectivity index is 1.31. The third kappa shape index (κ3) is 5.74. The molecule has 3 aromatic rings. The van der Waals surface area contributed by atoms with Crippen LogP contribution in [0.1, 0.15) is 27.9 Å². The molecule has 1 unspecified atom stereocenters. The molecule has 1 aliphatic heterocycles. The molecule has 2 N–H and O–H groups in total. The van der Waals surface area contributed by atoms with Gasteiger partial charge in [-0.1, -0.05) is 60.5 Å². The molecule has 1 amide bonds. The zero-order chi connectivity index (χ0) is 23.2. The number of amides is 1. The van der Waals surface area contributed by atoms with E-state index in [1.165, 1.54) is 11.9 Å². The molecule has 172 valence electrons. The van der Waals surface area contributed by atoms with Crippen LogP contribution in [0.2, 0.25) is 0 Å². The summed E-state index contributed by atoms with van der Waals surface area (Å²) in [4.78, 5) is 18.0. The van der Waals surface area contributed by atoms with E-state index in [0.29, 0.717) is 10.8 Å². The van der Waals surface area contributed by atoms with Gasteiger partial charge in [0.2, 0.25) is 0 Å². The van der Waals surface area contributed by atoms with Crippen molar-refractivity contribution in [3.05, 3.63) is 89.2 Å². The number of para-hydroxylation sites is 1. The van der Waals surface area contributed by atoms with Crippen LogP contribution in [0.15, 0.2) is 66.7 Å². The highest BCUT2D eigenvalue weighted by atomic mass is 32.2. The highest BCUT2D eigenvalue weighted by Gasteiger charge is 2.24. The molecule has 7 heteroatoms. The molecular formula is C26H28FN3O2S. The zero-order valence-corrected chi connectivity index (χ0v) is 19.6. The van der Waals surface area contributed by atoms with Crippen molar-refractivity contribution in [2.45, 2.75) is 25.1 Å². The summed E-state index contributed by atoms with van der Waals surface area (Å²) in [6.45, 7) is 4.36. The van der Waals surface area contributed by atoms with Crippen LogP contribution in [0.4, 0.5) is 4.39 Å². The monoisotopic (exact) mass is 465 g/mol. The Labute approximate surface area is 198 Å². The third-order valence-corrected chi connectivity index (χ3v) is 6.75. The smallest absolute Gasteiger partial charge is 0.269 e. The Bertz CT molecular complexity index is 1110. The van der Waals surface area contributed by atoms with Crippen LogP contribution in [-0.4, -0.2) is 36.3 Å². The van der Waals surface area contributed by atoms with Crippen molar-refractivity contribution in [3.63, 3.8) is 0 Å². The lowest BCUT2D eigenvalue weighted by atomic mass is 9.99. The van der Waals surface area contributed by atoms with Crippen LogP contribution in [0, 0.1) is 12.7 Å². The Morgan fingerprint density at radius 3 is 2.67 bits per heavy atom. The van der Waals surface area contributed by atoms with E-state index >= 15 is 0 Å². The van der Waals surface area contributed by atoms with Crippen molar-refractivity contribution in [1.82, 2.24) is 15.2 Å². The van der Waals surface area contributed by atoms with E-state index in [4.69, 9.17) is 4.74 Å². The number of methoxy groups -OCH3 is 1. The number of rotatable bonds is 8. The number of carbonyl (C=O) groups excluding carboxylic acids is 1. The molecule has 5 nitrogen and oxygen atoms in total. The Kier molecular flexibility index (Phi) is 7.65. The minimum Gasteiger partial charge on any atom is -0.496 e. The lowest BCUT2D eigenvalue weighted by molar-refractivity contribution is 0.0943. The predicted octanol–water partition coefficient (Wildman–Crippen LogP) is 4.97. The highest BCUT2D eigenvalue weighted by molar-refractivity contribution is 7.98. The van der Waals surface area contributed by atoms with Crippen LogP contribution in [0.25, 0.3) is 11.1 Å². The van der Waals surface area contributed by atoms with Gasteiger partial charge in [-0.2, -0.15) is 4.83 Å². The molecule has 1 fully saturated rings. The van der Waals surface area contributed by atoms with E-state index < -0.39 is 11.7 Å². The number of hydrazine groups is 1. The minimum absolute atomic E-state index is 0.0335. The summed E-state index contributed by atoms with van der Waals surface area (Å²) in [6, 6.07) is 21.1. The summed E-state index contributed by atoms with van der Waals surface area (Å²) >= 11 is 1.46. The van der Waals surface area contributed by atoms with Crippen molar-refractivity contribution in [2.75, 3.05) is 20.2 Å². The number of hydrogen-bond donors (Lipinski definition) is 2. The number of likely N-dealkylation sites (tertiary alicyclic amines) is 1. The van der Waals surface area contributed by atoms with Crippen LogP contribution >= 0.6 is 11.9 Å². The second-order valence-electron chi connectivity index (χ2n) is 8.15. The molecule has 3 aromatic carbocycles. The predicted molar refractivity (Wildman–Crippen MR) is 131 cm³/mol. The van der Waals surface area contributed by atoms with E-state index in [1.807, 2.05) is 48.5 Å². The molecule has 1 saturated heterocycles. The van der Waals surface area contributed by atoms with Gasteiger partial charge in [0, 0.05) is 23.9 Å². The van der Waals surface area contributed by atoms with Gasteiger partial charge in [0.15, 0.2) is 0 Å². The first-order chi connectivity index (χ1) is 16.0. The molecular weight excluding hydrogens is 437 g/mol. The number of halogens is 1. The normalized spacial score (nSPS) is 16.0. The summed E-state index contributed by atoms with van der Waals surface area (Å²) in [6.07, 6.45) is 1.000. The number of benzene rings is 3. The zero-order valence-electron chi connectivity index (χ0n) is 18.8. The maximum Gasteiger partial charge on any atom is 0.269 e. The van der Waals surface area contributed by atoms with Crippen molar-refractivity contribution in [3.8, 4) is 16.9 Å². The molecule has 1 atom stereocenters. The highest BCUT2D eigenvalue weighted by Crippen LogP contribution is 2.26. The fraction of sp³-hybridized carbons (Fsp3) is 0.269. The molecule has 1 aliphatic rings. The average Bonchev–Trinajstić information content (AvgIpc) is 3.28. The van der Waals surface area contributed by atoms with Crippen LogP contribution < -0.4 is 15.0 Å². The number of hydrogen-bond acceptors (Lipinski definition) is 5. The first-order valence-corrected chi connectivity index (χ1v) is 11.8. The minimum atomic E-state index is -0.497. The first kappa shape index (κ1) is 23.3. The fourth-order valence-corrected chi connectivity index (χ4v) is 4.90. The SMILES string of the molecule is COc1ccccc1CN1CCC(SNNC(=O)c2cc(-c3ccccc3)cc(C)c2F)C1. The van der Waals surface area contributed by atoms with E-state index in [0.717, 1.165) is 48.5 Å². The molecule has 33 heavy (non-hydrogen) atoms. The van der Waals surface area contributed by atoms with Crippen molar-refractivity contribution in [2.24, 2.45) is 0 Å². The van der Waals surface area contributed by atoms with Gasteiger partial charge in [0.05, 0.1) is 12.7 Å². The number of carbonyl (C=O) groups is 1. The van der Waals surface area contributed by atoms with Gasteiger partial charge >= 0.3 is 0 Å². The van der Waals surface area contributed by atoms with Crippen molar-refractivity contribution >= 4 is 17.9 Å². The van der Waals surface area contributed by atoms with Gasteiger partial charge in [-0.15, -0.1) is 0 Å². The summed E-state index contributed by atoms with van der Waals surface area (Å²) in [5.41, 5.74) is 6.05. The summed E-state index contributed by atoms with van der Waals surface area (Å²) in [5, 5.41) is 0.322. The van der Waals surface area contributed by atoms with Crippen LogP contribution in [-0.2, 0) is 6.54 Å². The van der Waals surface area contributed by atoms with E-state index in [9.17, 15) is 9.18 Å². The quantitative estimate of drug-likeness (QED) is 0.364. The Morgan fingerprint density at radius 1 is 1.12 bits per heavy atom. The van der Waals surface area contributed by atoms with E-state index in [1.54, 1.807) is 26.2 Å². The molecule has 1 heterocycles. The average molecular weight is 466 g/mol. The number of nitrogens with zero attached hydrogens (tertiary/aromatic N) is 1. The summed E-state index contributed by atoms with van der Waals surface area (Å²) in [7, 11) is 1.69. The number of aryl methyl sites for hydroxylation is 1. The third-order valence-electron chi connectivity index (χ3n) is 5.81. The summed E-state index contributed by atoms with van der Waals surface area (Å²) < 4.78 is 20.1. The Hall–Kier alpha value is -2.87. The lowest BCUT2D eigenvalue weighted by Crippen LogP contribution is -2.35. The first-order valence-electron chi connectivity index (χ1n) is 11.0. The number of ether oxygens (including phenoxy) is 1. The largest absolute Gasteiger partial charge is 0.496 e. The Morgan fingerprint density at radius 2 is 1.88 bits per heavy atom. The maximum atomic E-state index is 14.7. The van der Waals surface area contributed by atoms with Gasteiger partial charge < -0.3 is 4.74 Å². The number of nitrogens with one attached hydrogen (secondary N) is 2. The van der Waals surface area contributed by atoms with Crippen molar-refractivity contribution in [1.29, 1.82) is 0 Å². The fourth-order valence-electron chi connectivity index (χ4n) is 4.07. The second kappa shape index (κ2) is 10.8. The van der Waals surface area contributed by atoms with Crippen molar-refractivity contribution < 1.29 is 13.9 Å². The van der Waals surface area contributed by atoms with E-state index in [-0.39, 0.29) is 5.56 Å². The molecule has 0 radical (unpaired) electrons. The van der Waals surface area contributed by atoms with Gasteiger partial charge in [-0.25, -0.2) is 4.39 Å². The maximum absolute atomic E-state index is 14.7. The molecule has 0 aliphatic carbocycles. The molecule has 0 aromatic heterocycles.